The minimum absolute atomic E-state index is 0.155. The topological polar surface area (TPSA) is 68.5 Å². The number of hydrogen-bond acceptors (Lipinski definition) is 4. The number of aromatic nitrogens is 1. The molecule has 0 aliphatic rings. The van der Waals surface area contributed by atoms with Crippen molar-refractivity contribution in [1.29, 1.82) is 0 Å². The Morgan fingerprint density at radius 1 is 1.17 bits per heavy atom. The maximum atomic E-state index is 12.9. The molecule has 0 atom stereocenters. The molecule has 0 radical (unpaired) electrons. The van der Waals surface area contributed by atoms with E-state index in [0.717, 1.165) is 4.47 Å². The molecule has 0 saturated carbocycles. The average Bonchev–Trinajstić information content (AvgIpc) is 2.93. The van der Waals surface area contributed by atoms with Gasteiger partial charge in [0.2, 0.25) is 0 Å². The number of methoxy groups -OCH3 is 1. The first-order chi connectivity index (χ1) is 11.0. The summed E-state index contributed by atoms with van der Waals surface area (Å²) >= 11 is 3.36. The Kier molecular flexibility index (Phi) is 4.18. The molecule has 3 aromatic rings. The number of rotatable bonds is 4. The van der Waals surface area contributed by atoms with Crippen LogP contribution in [0.5, 0.6) is 5.75 Å². The molecule has 0 bridgehead atoms. The normalized spacial score (nSPS) is 11.8. The maximum Gasteiger partial charge on any atom is 0.268 e. The number of aliphatic hydroxyl groups is 1. The molecule has 0 saturated heterocycles. The summed E-state index contributed by atoms with van der Waals surface area (Å²) in [4.78, 5) is 0.155. The van der Waals surface area contributed by atoms with Crippen molar-refractivity contribution in [2.75, 3.05) is 7.11 Å². The third kappa shape index (κ3) is 2.75. The van der Waals surface area contributed by atoms with Gasteiger partial charge >= 0.3 is 0 Å². The zero-order valence-electron chi connectivity index (χ0n) is 12.2. The summed E-state index contributed by atoms with van der Waals surface area (Å²) in [6, 6.07) is 11.5. The van der Waals surface area contributed by atoms with Crippen LogP contribution >= 0.6 is 15.9 Å². The van der Waals surface area contributed by atoms with Gasteiger partial charge in [-0.1, -0.05) is 15.9 Å². The van der Waals surface area contributed by atoms with Crippen LogP contribution in [0.1, 0.15) is 5.56 Å². The van der Waals surface area contributed by atoms with Gasteiger partial charge in [0.25, 0.3) is 10.0 Å². The van der Waals surface area contributed by atoms with Crippen LogP contribution in [0.15, 0.2) is 58.0 Å². The summed E-state index contributed by atoms with van der Waals surface area (Å²) in [6.45, 7) is -0.238. The smallest absolute Gasteiger partial charge is 0.268 e. The number of hydrogen-bond donors (Lipinski definition) is 1. The van der Waals surface area contributed by atoms with Crippen molar-refractivity contribution in [2.45, 2.75) is 11.5 Å². The van der Waals surface area contributed by atoms with Gasteiger partial charge in [0.05, 0.1) is 24.1 Å². The van der Waals surface area contributed by atoms with E-state index in [9.17, 15) is 13.5 Å². The van der Waals surface area contributed by atoms with E-state index in [4.69, 9.17) is 4.74 Å². The van der Waals surface area contributed by atoms with Crippen LogP contribution in [0.4, 0.5) is 0 Å². The Labute approximate surface area is 142 Å². The highest BCUT2D eigenvalue weighted by molar-refractivity contribution is 9.10. The summed E-state index contributed by atoms with van der Waals surface area (Å²) in [5.74, 6) is 0.585. The Hall–Kier alpha value is -1.83. The minimum atomic E-state index is -3.76. The third-order valence-corrected chi connectivity index (χ3v) is 5.78. The molecule has 23 heavy (non-hydrogen) atoms. The van der Waals surface area contributed by atoms with E-state index >= 15 is 0 Å². The van der Waals surface area contributed by atoms with Gasteiger partial charge in [-0.2, -0.15) is 0 Å². The summed E-state index contributed by atoms with van der Waals surface area (Å²) < 4.78 is 32.8. The molecule has 0 unspecified atom stereocenters. The molecule has 5 nitrogen and oxygen atoms in total. The number of nitrogens with zero attached hydrogens (tertiary/aromatic N) is 1. The second-order valence-electron chi connectivity index (χ2n) is 4.95. The molecule has 1 heterocycles. The molecular weight excluding hydrogens is 382 g/mol. The SMILES string of the molecule is COc1ccc(S(=O)(=O)n2cc(CO)c3cc(Br)ccc32)cc1. The van der Waals surface area contributed by atoms with E-state index in [1.807, 2.05) is 0 Å². The number of fused-ring (bicyclic) bond motifs is 1. The number of aliphatic hydroxyl groups excluding tert-OH is 1. The molecule has 0 aliphatic heterocycles. The van der Waals surface area contributed by atoms with Crippen molar-refractivity contribution in [3.05, 3.63) is 58.7 Å². The third-order valence-electron chi connectivity index (χ3n) is 3.60. The van der Waals surface area contributed by atoms with Gasteiger partial charge < -0.3 is 9.84 Å². The molecule has 120 valence electrons. The molecule has 0 spiro atoms. The van der Waals surface area contributed by atoms with Crippen LogP contribution in [0, 0.1) is 0 Å². The second-order valence-corrected chi connectivity index (χ2v) is 7.68. The van der Waals surface area contributed by atoms with E-state index in [0.29, 0.717) is 22.2 Å². The lowest BCUT2D eigenvalue weighted by atomic mass is 10.2. The van der Waals surface area contributed by atoms with Gasteiger partial charge in [-0.25, -0.2) is 12.4 Å². The molecule has 7 heteroatoms. The Balaban J connectivity index is 2.21. The first-order valence-electron chi connectivity index (χ1n) is 6.77. The molecule has 2 aromatic carbocycles. The predicted molar refractivity (Wildman–Crippen MR) is 91.1 cm³/mol. The van der Waals surface area contributed by atoms with Crippen molar-refractivity contribution in [1.82, 2.24) is 3.97 Å². The number of halogens is 1. The van der Waals surface area contributed by atoms with Gasteiger partial charge in [-0.15, -0.1) is 0 Å². The lowest BCUT2D eigenvalue weighted by Gasteiger charge is -2.08. The van der Waals surface area contributed by atoms with Gasteiger partial charge in [-0.05, 0) is 42.5 Å². The van der Waals surface area contributed by atoms with Crippen LogP contribution < -0.4 is 4.74 Å². The Bertz CT molecular complexity index is 962. The highest BCUT2D eigenvalue weighted by Gasteiger charge is 2.21. The molecular formula is C16H14BrNO4S. The minimum Gasteiger partial charge on any atom is -0.497 e. The van der Waals surface area contributed by atoms with E-state index in [-0.39, 0.29) is 11.5 Å². The van der Waals surface area contributed by atoms with E-state index in [1.54, 1.807) is 30.3 Å². The van der Waals surface area contributed by atoms with Crippen LogP contribution in [0.2, 0.25) is 0 Å². The Morgan fingerprint density at radius 2 is 1.87 bits per heavy atom. The van der Waals surface area contributed by atoms with Gasteiger partial charge in [0, 0.05) is 21.6 Å². The van der Waals surface area contributed by atoms with Crippen LogP contribution in [0.25, 0.3) is 10.9 Å². The molecule has 1 N–H and O–H groups in total. The molecule has 0 aliphatic carbocycles. The zero-order chi connectivity index (χ0) is 16.6. The van der Waals surface area contributed by atoms with Crippen molar-refractivity contribution in [2.24, 2.45) is 0 Å². The largest absolute Gasteiger partial charge is 0.497 e. The zero-order valence-corrected chi connectivity index (χ0v) is 14.6. The number of benzene rings is 2. The lowest BCUT2D eigenvalue weighted by Crippen LogP contribution is -2.11. The summed E-state index contributed by atoms with van der Waals surface area (Å²) in [5.41, 5.74) is 1.08. The van der Waals surface area contributed by atoms with Crippen molar-refractivity contribution < 1.29 is 18.3 Å². The standard InChI is InChI=1S/C16H14BrNO4S/c1-22-13-3-5-14(6-4-13)23(20,21)18-9-11(10-19)15-8-12(17)2-7-16(15)18/h2-9,19H,10H2,1H3. The van der Waals surface area contributed by atoms with E-state index in [1.165, 1.54) is 29.4 Å². The quantitative estimate of drug-likeness (QED) is 0.736. The van der Waals surface area contributed by atoms with E-state index < -0.39 is 10.0 Å². The predicted octanol–water partition coefficient (Wildman–Crippen LogP) is 3.14. The summed E-state index contributed by atoms with van der Waals surface area (Å²) in [5, 5.41) is 10.2. The van der Waals surface area contributed by atoms with Crippen LogP contribution in [-0.4, -0.2) is 24.6 Å². The van der Waals surface area contributed by atoms with Gasteiger partial charge in [0.15, 0.2) is 0 Å². The van der Waals surface area contributed by atoms with E-state index in [2.05, 4.69) is 15.9 Å². The maximum absolute atomic E-state index is 12.9. The molecule has 0 fully saturated rings. The number of ether oxygens (including phenoxy) is 1. The molecule has 0 amide bonds. The highest BCUT2D eigenvalue weighted by Crippen LogP contribution is 2.29. The first-order valence-corrected chi connectivity index (χ1v) is 9.00. The summed E-state index contributed by atoms with van der Waals surface area (Å²) in [6.07, 6.45) is 1.46. The Morgan fingerprint density at radius 3 is 2.48 bits per heavy atom. The average molecular weight is 396 g/mol. The van der Waals surface area contributed by atoms with Gasteiger partial charge in [0.1, 0.15) is 5.75 Å². The fourth-order valence-electron chi connectivity index (χ4n) is 2.42. The fourth-order valence-corrected chi connectivity index (χ4v) is 4.18. The van der Waals surface area contributed by atoms with Crippen molar-refractivity contribution >= 4 is 36.9 Å². The highest BCUT2D eigenvalue weighted by atomic mass is 79.9. The first kappa shape index (κ1) is 16.0. The van der Waals surface area contributed by atoms with Crippen molar-refractivity contribution in [3.8, 4) is 5.75 Å². The van der Waals surface area contributed by atoms with Crippen molar-refractivity contribution in [3.63, 3.8) is 0 Å². The molecule has 3 rings (SSSR count). The second kappa shape index (κ2) is 5.99. The van der Waals surface area contributed by atoms with Gasteiger partial charge in [-0.3, -0.25) is 0 Å². The monoisotopic (exact) mass is 395 g/mol. The van der Waals surface area contributed by atoms with Crippen LogP contribution in [0.3, 0.4) is 0 Å². The molecule has 1 aromatic heterocycles. The lowest BCUT2D eigenvalue weighted by molar-refractivity contribution is 0.283. The fraction of sp³-hybridized carbons (Fsp3) is 0.125. The summed E-state index contributed by atoms with van der Waals surface area (Å²) in [7, 11) is -2.24. The van der Waals surface area contributed by atoms with Crippen LogP contribution in [-0.2, 0) is 16.6 Å².